The number of hydrogen-bond acceptors (Lipinski definition) is 6. The van der Waals surface area contributed by atoms with Gasteiger partial charge in [0.25, 0.3) is 5.78 Å². The van der Waals surface area contributed by atoms with E-state index in [4.69, 9.17) is 4.74 Å². The minimum Gasteiger partial charge on any atom is -0.507 e. The van der Waals surface area contributed by atoms with Crippen LogP contribution in [-0.2, 0) is 9.59 Å². The molecule has 1 N–H and O–H groups in total. The lowest BCUT2D eigenvalue weighted by Crippen LogP contribution is -2.29. The van der Waals surface area contributed by atoms with Gasteiger partial charge in [-0.25, -0.2) is 4.98 Å². The molecule has 2 heterocycles. The third-order valence-electron chi connectivity index (χ3n) is 5.79. The van der Waals surface area contributed by atoms with Crippen LogP contribution < -0.4 is 9.64 Å². The first-order valence-electron chi connectivity index (χ1n) is 11.0. The first kappa shape index (κ1) is 23.3. The summed E-state index contributed by atoms with van der Waals surface area (Å²) in [6, 6.07) is 19.2. The second-order valence-electron chi connectivity index (χ2n) is 8.15. The Bertz CT molecular complexity index is 1490. The Morgan fingerprint density at radius 2 is 1.89 bits per heavy atom. The Hall–Kier alpha value is -3.49. The van der Waals surface area contributed by atoms with Gasteiger partial charge in [-0.2, -0.15) is 0 Å². The van der Waals surface area contributed by atoms with E-state index in [0.29, 0.717) is 28.6 Å². The van der Waals surface area contributed by atoms with E-state index in [1.165, 1.54) is 16.2 Å². The number of aromatic nitrogens is 1. The third kappa shape index (κ3) is 4.24. The van der Waals surface area contributed by atoms with Gasteiger partial charge in [0, 0.05) is 10.0 Å². The number of aryl methyl sites for hydroxylation is 1. The number of halogens is 1. The van der Waals surface area contributed by atoms with Crippen LogP contribution in [0.5, 0.6) is 5.75 Å². The average Bonchev–Trinajstić information content (AvgIpc) is 3.37. The first-order valence-corrected chi connectivity index (χ1v) is 12.6. The van der Waals surface area contributed by atoms with Crippen molar-refractivity contribution < 1.29 is 19.4 Å². The van der Waals surface area contributed by atoms with Crippen LogP contribution in [0.25, 0.3) is 16.0 Å². The van der Waals surface area contributed by atoms with E-state index in [9.17, 15) is 14.7 Å². The first-order chi connectivity index (χ1) is 16.9. The number of hydrogen-bond donors (Lipinski definition) is 1. The van der Waals surface area contributed by atoms with Crippen LogP contribution in [0.3, 0.4) is 0 Å². The van der Waals surface area contributed by atoms with E-state index in [0.717, 1.165) is 20.3 Å². The number of nitrogens with zero attached hydrogens (tertiary/aromatic N) is 2. The quantitative estimate of drug-likeness (QED) is 0.177. The minimum absolute atomic E-state index is 0.0210. The molecule has 0 unspecified atom stereocenters. The van der Waals surface area contributed by atoms with Crippen LogP contribution in [0.2, 0.25) is 0 Å². The maximum atomic E-state index is 13.4. The summed E-state index contributed by atoms with van der Waals surface area (Å²) in [5.41, 5.74) is 2.95. The van der Waals surface area contributed by atoms with Gasteiger partial charge in [0.05, 0.1) is 28.4 Å². The molecule has 1 aliphatic heterocycles. The standard InChI is InChI=1S/C27H21BrN2O4S/c1-3-34-19-10-8-16(9-11-19)24(31)22-23(17-5-4-6-18(28)14-17)30(26(33)25(22)32)27-29-20-12-7-15(2)13-21(20)35-27/h4-14,23,31H,3H2,1-2H3/t23-/m1/s1. The highest BCUT2D eigenvalue weighted by atomic mass is 79.9. The molecule has 0 aliphatic carbocycles. The highest BCUT2D eigenvalue weighted by Crippen LogP contribution is 2.44. The Kier molecular flexibility index (Phi) is 6.17. The van der Waals surface area contributed by atoms with Crippen molar-refractivity contribution in [2.24, 2.45) is 0 Å². The number of anilines is 1. The van der Waals surface area contributed by atoms with Crippen LogP contribution in [0.15, 0.2) is 76.8 Å². The Labute approximate surface area is 214 Å². The number of amides is 1. The van der Waals surface area contributed by atoms with E-state index < -0.39 is 17.7 Å². The maximum absolute atomic E-state index is 13.4. The molecule has 3 aromatic carbocycles. The fourth-order valence-corrected chi connectivity index (χ4v) is 5.68. The van der Waals surface area contributed by atoms with Crippen molar-refractivity contribution in [3.05, 3.63) is 93.5 Å². The van der Waals surface area contributed by atoms with E-state index >= 15 is 0 Å². The number of rotatable bonds is 5. The molecule has 8 heteroatoms. The Morgan fingerprint density at radius 1 is 1.11 bits per heavy atom. The Balaban J connectivity index is 1.69. The molecule has 1 fully saturated rings. The molecule has 0 saturated carbocycles. The van der Waals surface area contributed by atoms with Crippen molar-refractivity contribution in [3.63, 3.8) is 0 Å². The highest BCUT2D eigenvalue weighted by Gasteiger charge is 2.48. The summed E-state index contributed by atoms with van der Waals surface area (Å²) in [6.07, 6.45) is 0. The van der Waals surface area contributed by atoms with Crippen LogP contribution in [0, 0.1) is 6.92 Å². The van der Waals surface area contributed by atoms with Crippen molar-refractivity contribution in [1.82, 2.24) is 4.98 Å². The molecule has 4 aromatic rings. The molecular weight excluding hydrogens is 528 g/mol. The fraction of sp³-hybridized carbons (Fsp3) is 0.148. The zero-order valence-electron chi connectivity index (χ0n) is 19.0. The van der Waals surface area contributed by atoms with Crippen LogP contribution >= 0.6 is 27.3 Å². The van der Waals surface area contributed by atoms with Crippen molar-refractivity contribution in [3.8, 4) is 5.75 Å². The molecule has 1 amide bonds. The minimum atomic E-state index is -0.833. The van der Waals surface area contributed by atoms with E-state index in [-0.39, 0.29) is 11.3 Å². The predicted octanol–water partition coefficient (Wildman–Crippen LogP) is 6.39. The number of carbonyl (C=O) groups is 2. The van der Waals surface area contributed by atoms with Crippen molar-refractivity contribution >= 4 is 60.1 Å². The maximum Gasteiger partial charge on any atom is 0.301 e. The van der Waals surface area contributed by atoms with Crippen molar-refractivity contribution in [2.75, 3.05) is 11.5 Å². The zero-order valence-corrected chi connectivity index (χ0v) is 21.4. The monoisotopic (exact) mass is 548 g/mol. The highest BCUT2D eigenvalue weighted by molar-refractivity contribution is 9.10. The number of ketones is 1. The van der Waals surface area contributed by atoms with Crippen LogP contribution in [-0.4, -0.2) is 28.4 Å². The second-order valence-corrected chi connectivity index (χ2v) is 10.1. The number of thiazole rings is 1. The van der Waals surface area contributed by atoms with Gasteiger partial charge in [0.2, 0.25) is 0 Å². The molecule has 176 valence electrons. The predicted molar refractivity (Wildman–Crippen MR) is 141 cm³/mol. The van der Waals surface area contributed by atoms with Crippen LogP contribution in [0.1, 0.15) is 29.7 Å². The molecule has 1 aliphatic rings. The molecular formula is C27H21BrN2O4S. The van der Waals surface area contributed by atoms with Gasteiger partial charge in [-0.05, 0) is 73.5 Å². The van der Waals surface area contributed by atoms with Crippen molar-refractivity contribution in [1.29, 1.82) is 0 Å². The summed E-state index contributed by atoms with van der Waals surface area (Å²) in [4.78, 5) is 32.8. The van der Waals surface area contributed by atoms with Gasteiger partial charge >= 0.3 is 5.91 Å². The summed E-state index contributed by atoms with van der Waals surface area (Å²) in [5.74, 6) is -1.07. The Morgan fingerprint density at radius 3 is 2.60 bits per heavy atom. The number of ether oxygens (including phenoxy) is 1. The number of fused-ring (bicyclic) bond motifs is 1. The summed E-state index contributed by atoms with van der Waals surface area (Å²) < 4.78 is 7.19. The van der Waals surface area contributed by atoms with E-state index in [1.54, 1.807) is 24.3 Å². The lowest BCUT2D eigenvalue weighted by molar-refractivity contribution is -0.132. The molecule has 0 spiro atoms. The number of carbonyl (C=O) groups excluding carboxylic acids is 2. The number of aliphatic hydroxyl groups is 1. The lowest BCUT2D eigenvalue weighted by atomic mass is 9.95. The summed E-state index contributed by atoms with van der Waals surface area (Å²) in [7, 11) is 0. The average molecular weight is 549 g/mol. The topological polar surface area (TPSA) is 79.7 Å². The summed E-state index contributed by atoms with van der Waals surface area (Å²) in [5, 5.41) is 11.7. The molecule has 1 saturated heterocycles. The normalized spacial score (nSPS) is 17.3. The number of benzene rings is 3. The van der Waals surface area contributed by atoms with Gasteiger partial charge in [0.15, 0.2) is 5.13 Å². The largest absolute Gasteiger partial charge is 0.507 e. The molecule has 0 bridgehead atoms. The molecule has 1 aromatic heterocycles. The molecule has 0 radical (unpaired) electrons. The summed E-state index contributed by atoms with van der Waals surface area (Å²) in [6.45, 7) is 4.39. The van der Waals surface area contributed by atoms with Crippen molar-refractivity contribution in [2.45, 2.75) is 19.9 Å². The molecule has 35 heavy (non-hydrogen) atoms. The van der Waals surface area contributed by atoms with Gasteiger partial charge in [-0.15, -0.1) is 0 Å². The summed E-state index contributed by atoms with van der Waals surface area (Å²) >= 11 is 4.83. The number of Topliss-reactive ketones (excluding diaryl/α,β-unsaturated/α-hetero) is 1. The van der Waals surface area contributed by atoms with Gasteiger partial charge in [-0.1, -0.05) is 45.5 Å². The lowest BCUT2D eigenvalue weighted by Gasteiger charge is -2.23. The van der Waals surface area contributed by atoms with Gasteiger partial charge in [-0.3, -0.25) is 14.5 Å². The van der Waals surface area contributed by atoms with Crippen LogP contribution in [0.4, 0.5) is 5.13 Å². The smallest absolute Gasteiger partial charge is 0.301 e. The van der Waals surface area contributed by atoms with Gasteiger partial charge < -0.3 is 9.84 Å². The van der Waals surface area contributed by atoms with E-state index in [2.05, 4.69) is 20.9 Å². The third-order valence-corrected chi connectivity index (χ3v) is 7.30. The molecule has 5 rings (SSSR count). The van der Waals surface area contributed by atoms with E-state index in [1.807, 2.05) is 56.3 Å². The fourth-order valence-electron chi connectivity index (χ4n) is 4.18. The number of aliphatic hydroxyl groups excluding tert-OH is 1. The molecule has 6 nitrogen and oxygen atoms in total. The van der Waals surface area contributed by atoms with Gasteiger partial charge in [0.1, 0.15) is 11.5 Å². The zero-order chi connectivity index (χ0) is 24.7. The molecule has 1 atom stereocenters. The SMILES string of the molecule is CCOc1ccc(C(O)=C2C(=O)C(=O)N(c3nc4ccc(C)cc4s3)[C@@H]2c2cccc(Br)c2)cc1. The second kappa shape index (κ2) is 9.28.